The number of aromatic nitrogens is 3. The van der Waals surface area contributed by atoms with Crippen LogP contribution in [-0.2, 0) is 4.74 Å². The van der Waals surface area contributed by atoms with Crippen LogP contribution in [0.3, 0.4) is 0 Å². The Bertz CT molecular complexity index is 665. The van der Waals surface area contributed by atoms with Crippen molar-refractivity contribution >= 4 is 11.6 Å². The van der Waals surface area contributed by atoms with Gasteiger partial charge in [-0.15, -0.1) is 10.2 Å². The zero-order chi connectivity index (χ0) is 15.0. The van der Waals surface area contributed by atoms with Crippen LogP contribution in [0.2, 0.25) is 0 Å². The molecule has 0 bridgehead atoms. The highest BCUT2D eigenvalue weighted by Gasteiger charge is 2.29. The van der Waals surface area contributed by atoms with Gasteiger partial charge in [0.15, 0.2) is 5.65 Å². The zero-order valence-electron chi connectivity index (χ0n) is 12.6. The van der Waals surface area contributed by atoms with E-state index in [0.717, 1.165) is 31.0 Å². The van der Waals surface area contributed by atoms with Gasteiger partial charge in [0.25, 0.3) is 0 Å². The predicted molar refractivity (Wildman–Crippen MR) is 78.4 cm³/mol. The highest BCUT2D eigenvalue weighted by Crippen LogP contribution is 2.27. The molecule has 0 aromatic carbocycles. The number of carbonyl (C=O) groups is 1. The molecule has 0 saturated carbocycles. The third-order valence-electron chi connectivity index (χ3n) is 4.16. The van der Waals surface area contributed by atoms with Gasteiger partial charge in [0, 0.05) is 24.7 Å². The van der Waals surface area contributed by atoms with E-state index in [1.807, 2.05) is 4.40 Å². The number of esters is 1. The van der Waals surface area contributed by atoms with Gasteiger partial charge in [0.2, 0.25) is 0 Å². The lowest BCUT2D eigenvalue weighted by atomic mass is 10.1. The Morgan fingerprint density at radius 1 is 1.38 bits per heavy atom. The Labute approximate surface area is 123 Å². The van der Waals surface area contributed by atoms with Crippen LogP contribution in [0.4, 0.5) is 0 Å². The fourth-order valence-electron chi connectivity index (χ4n) is 2.89. The monoisotopic (exact) mass is 288 g/mol. The van der Waals surface area contributed by atoms with E-state index in [2.05, 4.69) is 28.9 Å². The molecule has 1 saturated heterocycles. The molecule has 0 aliphatic carbocycles. The first kappa shape index (κ1) is 14.0. The van der Waals surface area contributed by atoms with Crippen LogP contribution in [-0.4, -0.2) is 51.7 Å². The summed E-state index contributed by atoms with van der Waals surface area (Å²) in [6, 6.07) is 4.06. The average Bonchev–Trinajstić information content (AvgIpc) is 3.11. The molecule has 0 amide bonds. The van der Waals surface area contributed by atoms with Crippen molar-refractivity contribution in [1.29, 1.82) is 0 Å². The lowest BCUT2D eigenvalue weighted by Crippen LogP contribution is -2.28. The van der Waals surface area contributed by atoms with E-state index in [1.165, 1.54) is 7.11 Å². The number of nitrogens with zero attached hydrogens (tertiary/aromatic N) is 4. The topological polar surface area (TPSA) is 59.7 Å². The maximum Gasteiger partial charge on any atom is 0.339 e. The predicted octanol–water partition coefficient (Wildman–Crippen LogP) is 1.71. The number of carbonyl (C=O) groups excluding carboxylic acids is 1. The van der Waals surface area contributed by atoms with Gasteiger partial charge in [0.1, 0.15) is 5.82 Å². The molecule has 2 aromatic heterocycles. The Morgan fingerprint density at radius 2 is 2.19 bits per heavy atom. The molecule has 6 heteroatoms. The Balaban J connectivity index is 1.94. The molecule has 3 rings (SSSR count). The molecule has 21 heavy (non-hydrogen) atoms. The molecule has 6 nitrogen and oxygen atoms in total. The van der Waals surface area contributed by atoms with Gasteiger partial charge in [-0.1, -0.05) is 0 Å². The average molecular weight is 288 g/mol. The minimum atomic E-state index is -0.341. The smallest absolute Gasteiger partial charge is 0.339 e. The van der Waals surface area contributed by atoms with Crippen LogP contribution < -0.4 is 0 Å². The number of hydrogen-bond acceptors (Lipinski definition) is 5. The fraction of sp³-hybridized carbons (Fsp3) is 0.533. The summed E-state index contributed by atoms with van der Waals surface area (Å²) in [4.78, 5) is 14.1. The number of rotatable bonds is 3. The van der Waals surface area contributed by atoms with E-state index in [-0.39, 0.29) is 5.97 Å². The standard InChI is InChI=1S/C15H20N4O2/c1-10(2)18-7-6-11(8-18)14-17-16-13-5-4-12(9-19(13)14)15(20)21-3/h4-5,9-11H,6-8H2,1-3H3. The molecule has 112 valence electrons. The number of ether oxygens (including phenoxy) is 1. The number of likely N-dealkylation sites (tertiary alicyclic amines) is 1. The van der Waals surface area contributed by atoms with Crippen LogP contribution in [0.25, 0.3) is 5.65 Å². The van der Waals surface area contributed by atoms with Crippen molar-refractivity contribution in [1.82, 2.24) is 19.5 Å². The van der Waals surface area contributed by atoms with E-state index < -0.39 is 0 Å². The van der Waals surface area contributed by atoms with E-state index in [0.29, 0.717) is 17.5 Å². The highest BCUT2D eigenvalue weighted by molar-refractivity contribution is 5.89. The van der Waals surface area contributed by atoms with Gasteiger partial charge in [-0.05, 0) is 38.9 Å². The molecule has 1 atom stereocenters. The van der Waals surface area contributed by atoms with E-state index >= 15 is 0 Å². The summed E-state index contributed by atoms with van der Waals surface area (Å²) in [5, 5.41) is 8.53. The van der Waals surface area contributed by atoms with E-state index in [1.54, 1.807) is 18.3 Å². The summed E-state index contributed by atoms with van der Waals surface area (Å²) in [6.45, 7) is 6.48. The molecule has 0 N–H and O–H groups in total. The van der Waals surface area contributed by atoms with Crippen molar-refractivity contribution in [2.75, 3.05) is 20.2 Å². The van der Waals surface area contributed by atoms with Crippen LogP contribution in [0.15, 0.2) is 18.3 Å². The third-order valence-corrected chi connectivity index (χ3v) is 4.16. The second-order valence-electron chi connectivity index (χ2n) is 5.77. The normalized spacial score (nSPS) is 19.5. The molecule has 1 aliphatic rings. The summed E-state index contributed by atoms with van der Waals surface area (Å²) in [5.74, 6) is 0.945. The molecule has 3 heterocycles. The lowest BCUT2D eigenvalue weighted by molar-refractivity contribution is 0.0600. The molecular weight excluding hydrogens is 268 g/mol. The maximum atomic E-state index is 11.7. The quantitative estimate of drug-likeness (QED) is 0.805. The van der Waals surface area contributed by atoms with Crippen LogP contribution in [0, 0.1) is 0 Å². The second-order valence-corrected chi connectivity index (χ2v) is 5.77. The van der Waals surface area contributed by atoms with Gasteiger partial charge in [-0.2, -0.15) is 0 Å². The fourth-order valence-corrected chi connectivity index (χ4v) is 2.89. The van der Waals surface area contributed by atoms with E-state index in [4.69, 9.17) is 4.74 Å². The van der Waals surface area contributed by atoms with Crippen molar-refractivity contribution in [3.8, 4) is 0 Å². The lowest BCUT2D eigenvalue weighted by Gasteiger charge is -2.19. The Kier molecular flexibility index (Phi) is 3.63. The molecular formula is C15H20N4O2. The molecule has 2 aromatic rings. The van der Waals surface area contributed by atoms with Crippen LogP contribution in [0.1, 0.15) is 42.4 Å². The second kappa shape index (κ2) is 5.44. The van der Waals surface area contributed by atoms with Gasteiger partial charge < -0.3 is 9.64 Å². The first-order chi connectivity index (χ1) is 10.1. The number of methoxy groups -OCH3 is 1. The van der Waals surface area contributed by atoms with E-state index in [9.17, 15) is 4.79 Å². The molecule has 0 radical (unpaired) electrons. The Hall–Kier alpha value is -1.95. The molecule has 0 spiro atoms. The summed E-state index contributed by atoms with van der Waals surface area (Å²) in [7, 11) is 1.39. The molecule has 1 fully saturated rings. The van der Waals surface area contributed by atoms with Gasteiger partial charge in [0.05, 0.1) is 12.7 Å². The number of pyridine rings is 1. The summed E-state index contributed by atoms with van der Waals surface area (Å²) < 4.78 is 6.69. The number of hydrogen-bond donors (Lipinski definition) is 0. The third kappa shape index (κ3) is 2.51. The molecule has 1 unspecified atom stereocenters. The first-order valence-corrected chi connectivity index (χ1v) is 7.27. The summed E-state index contributed by atoms with van der Waals surface area (Å²) in [5.41, 5.74) is 1.28. The molecule has 1 aliphatic heterocycles. The first-order valence-electron chi connectivity index (χ1n) is 7.27. The SMILES string of the molecule is COC(=O)c1ccc2nnc(C3CCN(C(C)C)C3)n2c1. The largest absolute Gasteiger partial charge is 0.465 e. The van der Waals surface area contributed by atoms with Gasteiger partial charge >= 0.3 is 5.97 Å². The van der Waals surface area contributed by atoms with Gasteiger partial charge in [-0.3, -0.25) is 4.40 Å². The minimum Gasteiger partial charge on any atom is -0.465 e. The van der Waals surface area contributed by atoms with Crippen molar-refractivity contribution in [2.45, 2.75) is 32.2 Å². The van der Waals surface area contributed by atoms with Crippen molar-refractivity contribution < 1.29 is 9.53 Å². The van der Waals surface area contributed by atoms with Crippen LogP contribution >= 0.6 is 0 Å². The summed E-state index contributed by atoms with van der Waals surface area (Å²) in [6.07, 6.45) is 2.84. The maximum absolute atomic E-state index is 11.7. The van der Waals surface area contributed by atoms with Crippen LogP contribution in [0.5, 0.6) is 0 Å². The Morgan fingerprint density at radius 3 is 2.86 bits per heavy atom. The number of fused-ring (bicyclic) bond motifs is 1. The van der Waals surface area contributed by atoms with Crippen molar-refractivity contribution in [3.05, 3.63) is 29.7 Å². The minimum absolute atomic E-state index is 0.341. The van der Waals surface area contributed by atoms with Crippen molar-refractivity contribution in [2.24, 2.45) is 0 Å². The van der Waals surface area contributed by atoms with Crippen molar-refractivity contribution in [3.63, 3.8) is 0 Å². The summed E-state index contributed by atoms with van der Waals surface area (Å²) >= 11 is 0. The van der Waals surface area contributed by atoms with Gasteiger partial charge in [-0.25, -0.2) is 4.79 Å². The highest BCUT2D eigenvalue weighted by atomic mass is 16.5. The zero-order valence-corrected chi connectivity index (χ0v) is 12.6.